The fraction of sp³-hybridized carbons (Fsp3) is 1.00. The second kappa shape index (κ2) is 5.25. The van der Waals surface area contributed by atoms with Crippen molar-refractivity contribution in [2.24, 2.45) is 5.92 Å². The normalized spacial score (nSPS) is 28.5. The summed E-state index contributed by atoms with van der Waals surface area (Å²) in [5, 5.41) is 0. The third kappa shape index (κ3) is 4.06. The number of nitrogens with zero attached hydrogens (tertiary/aromatic N) is 1. The number of hydrogen-bond donors (Lipinski definition) is 1. The first-order chi connectivity index (χ1) is 6.94. The van der Waals surface area contributed by atoms with Gasteiger partial charge in [0.1, 0.15) is 0 Å². The van der Waals surface area contributed by atoms with Gasteiger partial charge in [-0.2, -0.15) is 0 Å². The van der Waals surface area contributed by atoms with E-state index < -0.39 is 10.0 Å². The molecule has 1 fully saturated rings. The smallest absolute Gasteiger partial charge is 0.214 e. The van der Waals surface area contributed by atoms with Gasteiger partial charge in [0, 0.05) is 26.2 Å². The van der Waals surface area contributed by atoms with Crippen molar-refractivity contribution in [2.75, 3.05) is 39.6 Å². The quantitative estimate of drug-likeness (QED) is 0.699. The summed E-state index contributed by atoms with van der Waals surface area (Å²) in [5.41, 5.74) is 0. The molecule has 1 aliphatic rings. The Bertz CT molecular complexity index is 292. The van der Waals surface area contributed by atoms with E-state index in [0.29, 0.717) is 5.92 Å². The Morgan fingerprint density at radius 2 is 2.13 bits per heavy atom. The lowest BCUT2D eigenvalue weighted by Gasteiger charge is -2.16. The molecule has 1 rings (SSSR count). The number of rotatable bonds is 5. The molecule has 1 heterocycles. The monoisotopic (exact) mass is 236 g/mol. The summed E-state index contributed by atoms with van der Waals surface area (Å²) in [7, 11) is 0.316. The Labute approximate surface area is 91.8 Å². The first-order valence-electron chi connectivity index (χ1n) is 5.12. The summed E-state index contributed by atoms with van der Waals surface area (Å²) in [5.74, 6) is 0.406. The summed E-state index contributed by atoms with van der Waals surface area (Å²) in [6.07, 6.45) is 0. The Kier molecular flexibility index (Phi) is 4.51. The van der Waals surface area contributed by atoms with E-state index in [-0.39, 0.29) is 18.4 Å². The van der Waals surface area contributed by atoms with Gasteiger partial charge in [0.05, 0.1) is 12.4 Å². The van der Waals surface area contributed by atoms with Crippen LogP contribution in [0.15, 0.2) is 0 Å². The maximum Gasteiger partial charge on any atom is 0.214 e. The van der Waals surface area contributed by atoms with Crippen molar-refractivity contribution in [3.05, 3.63) is 0 Å². The molecule has 5 nitrogen and oxygen atoms in total. The number of likely N-dealkylation sites (tertiary alicyclic amines) is 1. The Balaban J connectivity index is 2.47. The number of likely N-dealkylation sites (N-methyl/N-ethyl adjacent to an activating group) is 1. The highest BCUT2D eigenvalue weighted by atomic mass is 32.2. The highest BCUT2D eigenvalue weighted by molar-refractivity contribution is 7.89. The molecule has 1 aliphatic heterocycles. The third-order valence-electron chi connectivity index (χ3n) is 2.68. The number of methoxy groups -OCH3 is 1. The van der Waals surface area contributed by atoms with Crippen LogP contribution in [0.4, 0.5) is 0 Å². The van der Waals surface area contributed by atoms with E-state index >= 15 is 0 Å². The van der Waals surface area contributed by atoms with Crippen molar-refractivity contribution >= 4 is 10.0 Å². The van der Waals surface area contributed by atoms with Crippen molar-refractivity contribution in [3.63, 3.8) is 0 Å². The molecule has 2 atom stereocenters. The zero-order chi connectivity index (χ0) is 11.5. The highest BCUT2D eigenvalue weighted by Gasteiger charge is 2.30. The van der Waals surface area contributed by atoms with E-state index in [1.54, 1.807) is 0 Å². The average Bonchev–Trinajstić information content (AvgIpc) is 2.41. The molecule has 0 saturated carbocycles. The van der Waals surface area contributed by atoms with E-state index in [1.807, 2.05) is 7.05 Å². The summed E-state index contributed by atoms with van der Waals surface area (Å²) in [4.78, 5) is 2.13. The molecular weight excluding hydrogens is 216 g/mol. The van der Waals surface area contributed by atoms with Gasteiger partial charge in [0.2, 0.25) is 10.0 Å². The van der Waals surface area contributed by atoms with E-state index in [4.69, 9.17) is 4.74 Å². The van der Waals surface area contributed by atoms with Crippen LogP contribution in [0.1, 0.15) is 6.92 Å². The van der Waals surface area contributed by atoms with Crippen LogP contribution in [0.3, 0.4) is 0 Å². The molecule has 0 amide bonds. The molecule has 15 heavy (non-hydrogen) atoms. The van der Waals surface area contributed by atoms with Crippen LogP contribution in [0.5, 0.6) is 0 Å². The summed E-state index contributed by atoms with van der Waals surface area (Å²) in [6.45, 7) is 4.03. The van der Waals surface area contributed by atoms with Gasteiger partial charge in [-0.15, -0.1) is 0 Å². The van der Waals surface area contributed by atoms with Gasteiger partial charge in [-0.1, -0.05) is 6.92 Å². The van der Waals surface area contributed by atoms with Gasteiger partial charge < -0.3 is 9.64 Å². The van der Waals surface area contributed by atoms with Crippen LogP contribution in [0, 0.1) is 5.92 Å². The lowest BCUT2D eigenvalue weighted by Crippen LogP contribution is -2.41. The second-order valence-corrected chi connectivity index (χ2v) is 6.11. The van der Waals surface area contributed by atoms with Crippen molar-refractivity contribution < 1.29 is 13.2 Å². The summed E-state index contributed by atoms with van der Waals surface area (Å²) >= 11 is 0. The van der Waals surface area contributed by atoms with Crippen LogP contribution in [-0.4, -0.2) is 59.0 Å². The first-order valence-corrected chi connectivity index (χ1v) is 6.77. The fourth-order valence-electron chi connectivity index (χ4n) is 1.85. The van der Waals surface area contributed by atoms with E-state index in [2.05, 4.69) is 16.5 Å². The lowest BCUT2D eigenvalue weighted by molar-refractivity contribution is 0.216. The average molecular weight is 236 g/mol. The molecule has 1 saturated heterocycles. The van der Waals surface area contributed by atoms with Gasteiger partial charge in [-0.05, 0) is 13.0 Å². The molecule has 1 N–H and O–H groups in total. The number of sulfonamides is 1. The third-order valence-corrected chi connectivity index (χ3v) is 4.05. The molecule has 0 aliphatic carbocycles. The van der Waals surface area contributed by atoms with Crippen molar-refractivity contribution in [2.45, 2.75) is 13.0 Å². The van der Waals surface area contributed by atoms with Crippen LogP contribution >= 0.6 is 0 Å². The van der Waals surface area contributed by atoms with Crippen LogP contribution in [0.25, 0.3) is 0 Å². The number of hydrogen-bond acceptors (Lipinski definition) is 4. The van der Waals surface area contributed by atoms with Crippen LogP contribution in [0.2, 0.25) is 0 Å². The van der Waals surface area contributed by atoms with Gasteiger partial charge in [0.25, 0.3) is 0 Å². The van der Waals surface area contributed by atoms with Gasteiger partial charge in [-0.3, -0.25) is 0 Å². The molecule has 0 bridgehead atoms. The van der Waals surface area contributed by atoms with Crippen molar-refractivity contribution in [3.8, 4) is 0 Å². The maximum atomic E-state index is 11.6. The minimum absolute atomic E-state index is 0.0381. The largest absolute Gasteiger partial charge is 0.384 e. The van der Waals surface area contributed by atoms with E-state index in [9.17, 15) is 8.42 Å². The molecule has 90 valence electrons. The minimum Gasteiger partial charge on any atom is -0.384 e. The standard InChI is InChI=1S/C9H20N2O3S/c1-8-6-11(2)7-9(8)10-15(12,13)5-4-14-3/h8-10H,4-7H2,1-3H3/t8-,9-/m1/s1. The minimum atomic E-state index is -3.19. The van der Waals surface area contributed by atoms with Crippen molar-refractivity contribution in [1.82, 2.24) is 9.62 Å². The van der Waals surface area contributed by atoms with E-state index in [1.165, 1.54) is 7.11 Å². The van der Waals surface area contributed by atoms with Crippen LogP contribution in [-0.2, 0) is 14.8 Å². The Morgan fingerprint density at radius 3 is 2.60 bits per heavy atom. The SMILES string of the molecule is COCCS(=O)(=O)N[C@@H]1CN(C)C[C@H]1C. The molecule has 0 radical (unpaired) electrons. The van der Waals surface area contributed by atoms with E-state index in [0.717, 1.165) is 13.1 Å². The fourth-order valence-corrected chi connectivity index (χ4v) is 3.12. The molecule has 0 unspecified atom stereocenters. The predicted octanol–water partition coefficient (Wildman–Crippen LogP) is -0.498. The molecule has 6 heteroatoms. The molecule has 0 spiro atoms. The van der Waals surface area contributed by atoms with Crippen LogP contribution < -0.4 is 4.72 Å². The Hall–Kier alpha value is -0.170. The first kappa shape index (κ1) is 12.9. The second-order valence-electron chi connectivity index (χ2n) is 4.23. The predicted molar refractivity (Wildman–Crippen MR) is 59.2 cm³/mol. The van der Waals surface area contributed by atoms with Gasteiger partial charge in [-0.25, -0.2) is 13.1 Å². The zero-order valence-corrected chi connectivity index (χ0v) is 10.4. The summed E-state index contributed by atoms with van der Waals surface area (Å²) in [6, 6.07) is 0.0388. The van der Waals surface area contributed by atoms with Crippen molar-refractivity contribution in [1.29, 1.82) is 0 Å². The molecule has 0 aromatic carbocycles. The topological polar surface area (TPSA) is 58.6 Å². The molecule has 0 aromatic heterocycles. The molecule has 0 aromatic rings. The maximum absolute atomic E-state index is 11.6. The number of ether oxygens (including phenoxy) is 1. The summed E-state index contributed by atoms with van der Waals surface area (Å²) < 4.78 is 30.7. The van der Waals surface area contributed by atoms with Gasteiger partial charge >= 0.3 is 0 Å². The lowest BCUT2D eigenvalue weighted by atomic mass is 10.1. The van der Waals surface area contributed by atoms with Gasteiger partial charge in [0.15, 0.2) is 0 Å². The Morgan fingerprint density at radius 1 is 1.47 bits per heavy atom. The molecular formula is C9H20N2O3S. The number of nitrogens with one attached hydrogen (secondary N) is 1. The highest BCUT2D eigenvalue weighted by Crippen LogP contribution is 2.15. The zero-order valence-electron chi connectivity index (χ0n) is 9.56.